The Labute approximate surface area is 123 Å². The zero-order valence-electron chi connectivity index (χ0n) is 11.6. The molecule has 0 radical (unpaired) electrons. The molecule has 0 aliphatic heterocycles. The van der Waals surface area contributed by atoms with Crippen LogP contribution in [0.5, 0.6) is 0 Å². The fraction of sp³-hybridized carbons (Fsp3) is 0.286. The van der Waals surface area contributed by atoms with Crippen molar-refractivity contribution in [1.82, 2.24) is 14.7 Å². The molecule has 0 aliphatic carbocycles. The number of aromatic nitrogens is 2. The first kappa shape index (κ1) is 15.2. The number of hydrogen-bond acceptors (Lipinski definition) is 4. The molecule has 0 saturated carbocycles. The molecule has 2 rings (SSSR count). The second-order valence-electron chi connectivity index (χ2n) is 4.95. The number of imidazole rings is 1. The Balaban J connectivity index is 2.10. The van der Waals surface area contributed by atoms with Crippen LogP contribution in [0.25, 0.3) is 0 Å². The zero-order chi connectivity index (χ0) is 15.3. The van der Waals surface area contributed by atoms with E-state index < -0.39 is 15.6 Å². The lowest BCUT2D eigenvalue weighted by atomic mass is 9.96. The van der Waals surface area contributed by atoms with Gasteiger partial charge in [-0.2, -0.15) is 9.98 Å². The summed E-state index contributed by atoms with van der Waals surface area (Å²) in [5.41, 5.74) is -0.125. The van der Waals surface area contributed by atoms with Crippen molar-refractivity contribution >= 4 is 10.0 Å². The van der Waals surface area contributed by atoms with Crippen molar-refractivity contribution in [1.29, 1.82) is 5.26 Å². The number of rotatable bonds is 6. The average molecular weight is 304 g/mol. The molecule has 110 valence electrons. The van der Waals surface area contributed by atoms with Gasteiger partial charge in [-0.3, -0.25) is 0 Å². The van der Waals surface area contributed by atoms with Crippen molar-refractivity contribution in [3.63, 3.8) is 0 Å². The van der Waals surface area contributed by atoms with Gasteiger partial charge in [0.15, 0.2) is 5.03 Å². The Kier molecular flexibility index (Phi) is 4.40. The van der Waals surface area contributed by atoms with Gasteiger partial charge in [0.1, 0.15) is 5.54 Å². The largest absolute Gasteiger partial charge is 0.335 e. The predicted octanol–water partition coefficient (Wildman–Crippen LogP) is 1.60. The summed E-state index contributed by atoms with van der Waals surface area (Å²) in [6, 6.07) is 11.7. The Bertz CT molecular complexity index is 720. The number of aromatic amines is 1. The van der Waals surface area contributed by atoms with Crippen LogP contribution in [0, 0.1) is 11.3 Å². The van der Waals surface area contributed by atoms with Crippen molar-refractivity contribution in [2.45, 2.75) is 30.3 Å². The molecular formula is C14H16N4O2S. The van der Waals surface area contributed by atoms with Crippen molar-refractivity contribution in [2.24, 2.45) is 0 Å². The van der Waals surface area contributed by atoms with Gasteiger partial charge in [-0.05, 0) is 25.3 Å². The number of nitriles is 1. The first-order chi connectivity index (χ1) is 9.95. The first-order valence-electron chi connectivity index (χ1n) is 6.43. The van der Waals surface area contributed by atoms with Gasteiger partial charge < -0.3 is 4.98 Å². The molecule has 7 heteroatoms. The summed E-state index contributed by atoms with van der Waals surface area (Å²) >= 11 is 0. The van der Waals surface area contributed by atoms with Crippen molar-refractivity contribution in [3.05, 3.63) is 48.4 Å². The van der Waals surface area contributed by atoms with E-state index in [9.17, 15) is 13.7 Å². The molecule has 0 aliphatic rings. The van der Waals surface area contributed by atoms with Gasteiger partial charge in [-0.1, -0.05) is 30.3 Å². The van der Waals surface area contributed by atoms with E-state index in [1.807, 2.05) is 36.4 Å². The van der Waals surface area contributed by atoms with Gasteiger partial charge in [0.25, 0.3) is 10.0 Å². The van der Waals surface area contributed by atoms with E-state index >= 15 is 0 Å². The minimum absolute atomic E-state index is 0.0521. The van der Waals surface area contributed by atoms with Crippen LogP contribution in [0.4, 0.5) is 0 Å². The van der Waals surface area contributed by atoms with E-state index in [1.165, 1.54) is 12.5 Å². The lowest BCUT2D eigenvalue weighted by Gasteiger charge is -2.22. The minimum Gasteiger partial charge on any atom is -0.335 e. The van der Waals surface area contributed by atoms with Crippen LogP contribution in [0.2, 0.25) is 0 Å². The van der Waals surface area contributed by atoms with Gasteiger partial charge in [-0.15, -0.1) is 0 Å². The number of H-pyrrole nitrogens is 1. The number of sulfonamides is 1. The number of aryl methyl sites for hydroxylation is 1. The number of benzene rings is 1. The molecule has 1 heterocycles. The third-order valence-corrected chi connectivity index (χ3v) is 4.65. The smallest absolute Gasteiger partial charge is 0.258 e. The van der Waals surface area contributed by atoms with Crippen molar-refractivity contribution < 1.29 is 8.42 Å². The highest BCUT2D eigenvalue weighted by molar-refractivity contribution is 7.89. The van der Waals surface area contributed by atoms with E-state index in [4.69, 9.17) is 0 Å². The molecule has 0 amide bonds. The topological polar surface area (TPSA) is 98.6 Å². The van der Waals surface area contributed by atoms with E-state index in [2.05, 4.69) is 14.7 Å². The zero-order valence-corrected chi connectivity index (χ0v) is 12.4. The van der Waals surface area contributed by atoms with Gasteiger partial charge in [0.05, 0.1) is 18.6 Å². The summed E-state index contributed by atoms with van der Waals surface area (Å²) in [5, 5.41) is 9.27. The summed E-state index contributed by atoms with van der Waals surface area (Å²) in [7, 11) is -3.78. The lowest BCUT2D eigenvalue weighted by Crippen LogP contribution is -2.45. The second kappa shape index (κ2) is 6.08. The summed E-state index contributed by atoms with van der Waals surface area (Å²) in [5.74, 6) is 0. The van der Waals surface area contributed by atoms with Gasteiger partial charge >= 0.3 is 0 Å². The monoisotopic (exact) mass is 304 g/mol. The SMILES string of the molecule is C[C@](C#N)(CCc1ccccc1)NS(=O)(=O)c1cnc[nH]1. The van der Waals surface area contributed by atoms with Crippen molar-refractivity contribution in [2.75, 3.05) is 0 Å². The molecule has 6 nitrogen and oxygen atoms in total. The van der Waals surface area contributed by atoms with Gasteiger partial charge in [-0.25, -0.2) is 13.4 Å². The van der Waals surface area contributed by atoms with Gasteiger partial charge in [0.2, 0.25) is 0 Å². The van der Waals surface area contributed by atoms with E-state index in [-0.39, 0.29) is 5.03 Å². The fourth-order valence-electron chi connectivity index (χ4n) is 1.91. The molecule has 21 heavy (non-hydrogen) atoms. The maximum Gasteiger partial charge on any atom is 0.258 e. The number of nitrogens with one attached hydrogen (secondary N) is 2. The maximum absolute atomic E-state index is 12.1. The highest BCUT2D eigenvalue weighted by Gasteiger charge is 2.31. The molecule has 0 unspecified atom stereocenters. The molecular weight excluding hydrogens is 288 g/mol. The van der Waals surface area contributed by atoms with E-state index in [1.54, 1.807) is 6.92 Å². The van der Waals surface area contributed by atoms with E-state index in [0.717, 1.165) is 5.56 Å². The number of nitrogens with zero attached hydrogens (tertiary/aromatic N) is 2. The second-order valence-corrected chi connectivity index (χ2v) is 6.60. The average Bonchev–Trinajstić information content (AvgIpc) is 3.01. The molecule has 0 bridgehead atoms. The van der Waals surface area contributed by atoms with Crippen LogP contribution in [-0.2, 0) is 16.4 Å². The molecule has 2 N–H and O–H groups in total. The van der Waals surface area contributed by atoms with Crippen LogP contribution in [0.15, 0.2) is 47.9 Å². The summed E-state index contributed by atoms with van der Waals surface area (Å²) in [4.78, 5) is 6.21. The fourth-order valence-corrected chi connectivity index (χ4v) is 3.17. The van der Waals surface area contributed by atoms with Crippen molar-refractivity contribution in [3.8, 4) is 6.07 Å². The third-order valence-electron chi connectivity index (χ3n) is 3.13. The third kappa shape index (κ3) is 3.90. The molecule has 1 atom stereocenters. The maximum atomic E-state index is 12.1. The first-order valence-corrected chi connectivity index (χ1v) is 7.91. The van der Waals surface area contributed by atoms with Crippen LogP contribution >= 0.6 is 0 Å². The summed E-state index contributed by atoms with van der Waals surface area (Å²) in [6.07, 6.45) is 3.47. The highest BCUT2D eigenvalue weighted by atomic mass is 32.2. The Morgan fingerprint density at radius 3 is 2.67 bits per heavy atom. The predicted molar refractivity (Wildman–Crippen MR) is 77.7 cm³/mol. The molecule has 2 aromatic rings. The summed E-state index contributed by atoms with van der Waals surface area (Å²) < 4.78 is 26.7. The minimum atomic E-state index is -3.78. The van der Waals surface area contributed by atoms with Gasteiger partial charge in [0, 0.05) is 0 Å². The Hall–Kier alpha value is -2.17. The highest BCUT2D eigenvalue weighted by Crippen LogP contribution is 2.17. The van der Waals surface area contributed by atoms with Crippen LogP contribution in [-0.4, -0.2) is 23.9 Å². The summed E-state index contributed by atoms with van der Waals surface area (Å²) in [6.45, 7) is 1.57. The van der Waals surface area contributed by atoms with Crippen LogP contribution < -0.4 is 4.72 Å². The molecule has 1 aromatic heterocycles. The molecule has 0 fully saturated rings. The Morgan fingerprint density at radius 2 is 2.10 bits per heavy atom. The Morgan fingerprint density at radius 1 is 1.38 bits per heavy atom. The number of hydrogen-bond donors (Lipinski definition) is 2. The van der Waals surface area contributed by atoms with E-state index in [0.29, 0.717) is 12.8 Å². The molecule has 1 aromatic carbocycles. The normalized spacial score (nSPS) is 14.3. The lowest BCUT2D eigenvalue weighted by molar-refractivity contribution is 0.476. The van der Waals surface area contributed by atoms with Crippen LogP contribution in [0.1, 0.15) is 18.9 Å². The standard InChI is InChI=1S/C14H16N4O2S/c1-14(10-15,8-7-12-5-3-2-4-6-12)18-21(19,20)13-9-16-11-17-13/h2-6,9,11,18H,7-8H2,1H3,(H,16,17)/t14-/m1/s1. The molecule has 0 spiro atoms. The van der Waals surface area contributed by atoms with Crippen LogP contribution in [0.3, 0.4) is 0 Å². The molecule has 0 saturated heterocycles. The quantitative estimate of drug-likeness (QED) is 0.846.